The first-order valence-electron chi connectivity index (χ1n) is 15.5. The molecule has 3 N–H and O–H groups in total. The van der Waals surface area contributed by atoms with Crippen LogP contribution in [0.1, 0.15) is 84.8 Å². The first-order chi connectivity index (χ1) is 21.3. The molecule has 238 valence electrons. The number of carbonyl (C=O) groups is 3. The van der Waals surface area contributed by atoms with E-state index in [1.54, 1.807) is 44.4 Å². The van der Waals surface area contributed by atoms with Crippen LogP contribution in [0.4, 0.5) is 0 Å². The second-order valence-corrected chi connectivity index (χ2v) is 11.4. The van der Waals surface area contributed by atoms with Crippen molar-refractivity contribution in [3.05, 3.63) is 58.7 Å². The standard InChI is InChI=1S/C34H44N2O8/c1-23-7-6-10-26(37)9-5-3-4-8-25-21-29(38)32(33(40)31(25)34(41)44-23)28(24-11-13-27(42-2)14-12-24)22-30(39)35-15-16-36-17-19-43-20-18-36/h4,8,11-14,21,23,28,38,40H,3,5-7,9-10,15-20,22H2,1-2H3,(H,35,39). The van der Waals surface area contributed by atoms with Crippen molar-refractivity contribution in [3.8, 4) is 17.2 Å². The number of fused-ring (bicyclic) bond motifs is 1. The first kappa shape index (κ1) is 33.0. The van der Waals surface area contributed by atoms with Gasteiger partial charge in [-0.3, -0.25) is 14.5 Å². The summed E-state index contributed by atoms with van der Waals surface area (Å²) in [5, 5.41) is 26.0. The number of hydrogen-bond acceptors (Lipinski definition) is 9. The number of amides is 1. The van der Waals surface area contributed by atoms with Crippen molar-refractivity contribution in [2.45, 2.75) is 63.9 Å². The van der Waals surface area contributed by atoms with Crippen LogP contribution in [-0.4, -0.2) is 85.4 Å². The maximum atomic E-state index is 13.5. The van der Waals surface area contributed by atoms with Gasteiger partial charge >= 0.3 is 5.97 Å². The summed E-state index contributed by atoms with van der Waals surface area (Å²) in [6, 6.07) is 8.47. The lowest BCUT2D eigenvalue weighted by Crippen LogP contribution is -2.41. The van der Waals surface area contributed by atoms with Crippen LogP contribution >= 0.6 is 0 Å². The van der Waals surface area contributed by atoms with Crippen LogP contribution in [0.2, 0.25) is 0 Å². The molecule has 10 nitrogen and oxygen atoms in total. The molecule has 2 aromatic carbocycles. The lowest BCUT2D eigenvalue weighted by Gasteiger charge is -2.27. The molecule has 0 radical (unpaired) electrons. The minimum Gasteiger partial charge on any atom is -0.507 e. The van der Waals surface area contributed by atoms with E-state index in [0.29, 0.717) is 81.7 Å². The number of carbonyl (C=O) groups excluding carboxylic acids is 3. The highest BCUT2D eigenvalue weighted by atomic mass is 16.5. The molecule has 1 saturated heterocycles. The number of nitrogens with zero attached hydrogens (tertiary/aromatic N) is 1. The third-order valence-electron chi connectivity index (χ3n) is 8.16. The fourth-order valence-electron chi connectivity index (χ4n) is 5.68. The van der Waals surface area contributed by atoms with Crippen LogP contribution in [0, 0.1) is 0 Å². The smallest absolute Gasteiger partial charge is 0.342 e. The van der Waals surface area contributed by atoms with Crippen LogP contribution in [0.5, 0.6) is 17.2 Å². The van der Waals surface area contributed by atoms with Gasteiger partial charge in [-0.05, 0) is 61.9 Å². The second kappa shape index (κ2) is 16.3. The van der Waals surface area contributed by atoms with Gasteiger partial charge in [0.05, 0.1) is 26.4 Å². The van der Waals surface area contributed by atoms with Crippen molar-refractivity contribution < 1.29 is 38.8 Å². The molecule has 2 aromatic rings. The maximum Gasteiger partial charge on any atom is 0.342 e. The monoisotopic (exact) mass is 608 g/mol. The molecule has 2 aliphatic heterocycles. The van der Waals surface area contributed by atoms with E-state index in [9.17, 15) is 24.6 Å². The normalized spacial score (nSPS) is 19.4. The molecule has 2 unspecified atom stereocenters. The van der Waals surface area contributed by atoms with Gasteiger partial charge in [-0.15, -0.1) is 0 Å². The number of phenols is 2. The fourth-order valence-corrected chi connectivity index (χ4v) is 5.68. The number of allylic oxidation sites excluding steroid dienone is 1. The molecule has 1 fully saturated rings. The zero-order chi connectivity index (χ0) is 31.5. The highest BCUT2D eigenvalue weighted by Crippen LogP contribution is 2.44. The third-order valence-corrected chi connectivity index (χ3v) is 8.16. The molecule has 10 heteroatoms. The number of aromatic hydroxyl groups is 2. The fraction of sp³-hybridized carbons (Fsp3) is 0.500. The van der Waals surface area contributed by atoms with Gasteiger partial charge in [0.25, 0.3) is 0 Å². The molecule has 0 aromatic heterocycles. The summed E-state index contributed by atoms with van der Waals surface area (Å²) in [7, 11) is 1.55. The van der Waals surface area contributed by atoms with E-state index >= 15 is 0 Å². The molecule has 4 rings (SSSR count). The number of Topliss-reactive ketones (excluding diaryl/α,β-unsaturated/α-hetero) is 1. The van der Waals surface area contributed by atoms with E-state index < -0.39 is 23.7 Å². The number of ether oxygens (including phenoxy) is 3. The Kier molecular flexibility index (Phi) is 12.2. The predicted octanol–water partition coefficient (Wildman–Crippen LogP) is 4.56. The number of morpholine rings is 1. The molecule has 0 bridgehead atoms. The van der Waals surface area contributed by atoms with Gasteiger partial charge in [0.2, 0.25) is 5.91 Å². The molecular formula is C34H44N2O8. The summed E-state index contributed by atoms with van der Waals surface area (Å²) < 4.78 is 16.4. The van der Waals surface area contributed by atoms with Gasteiger partial charge in [-0.2, -0.15) is 0 Å². The van der Waals surface area contributed by atoms with Crippen molar-refractivity contribution in [2.24, 2.45) is 0 Å². The van der Waals surface area contributed by atoms with Gasteiger partial charge in [0, 0.05) is 56.9 Å². The van der Waals surface area contributed by atoms with Gasteiger partial charge in [-0.25, -0.2) is 4.79 Å². The second-order valence-electron chi connectivity index (χ2n) is 11.4. The first-order valence-corrected chi connectivity index (χ1v) is 15.5. The Hall–Kier alpha value is -3.89. The molecule has 2 atom stereocenters. The molecule has 2 heterocycles. The number of benzene rings is 2. The van der Waals surface area contributed by atoms with Crippen molar-refractivity contribution >= 4 is 23.7 Å². The molecule has 0 aliphatic carbocycles. The average molecular weight is 609 g/mol. The highest BCUT2D eigenvalue weighted by Gasteiger charge is 2.31. The Balaban J connectivity index is 1.67. The van der Waals surface area contributed by atoms with E-state index in [2.05, 4.69) is 10.2 Å². The molecule has 44 heavy (non-hydrogen) atoms. The quantitative estimate of drug-likeness (QED) is 0.369. The molecule has 2 aliphatic rings. The zero-order valence-electron chi connectivity index (χ0n) is 25.7. The SMILES string of the molecule is COc1ccc(C(CC(=O)NCCN2CCOCC2)c2c(O)cc3c(c2O)C(=O)OC(C)CCCC(=O)CCCC=C3)cc1. The van der Waals surface area contributed by atoms with Crippen molar-refractivity contribution in [1.29, 1.82) is 0 Å². The maximum absolute atomic E-state index is 13.5. The number of nitrogens with one attached hydrogen (secondary N) is 1. The lowest BCUT2D eigenvalue weighted by molar-refractivity contribution is -0.121. The minimum atomic E-state index is -0.775. The Morgan fingerprint density at radius 3 is 2.57 bits per heavy atom. The van der Waals surface area contributed by atoms with Gasteiger partial charge in [0.15, 0.2) is 0 Å². The summed E-state index contributed by atoms with van der Waals surface area (Å²) in [6.45, 7) is 5.83. The molecule has 0 saturated carbocycles. The number of ketones is 1. The number of esters is 1. The summed E-state index contributed by atoms with van der Waals surface area (Å²) >= 11 is 0. The van der Waals surface area contributed by atoms with Crippen LogP contribution in [-0.2, 0) is 19.1 Å². The average Bonchev–Trinajstić information content (AvgIpc) is 3.00. The zero-order valence-corrected chi connectivity index (χ0v) is 25.7. The number of rotatable bonds is 8. The molecule has 0 spiro atoms. The Labute approximate surface area is 259 Å². The summed E-state index contributed by atoms with van der Waals surface area (Å²) in [5.41, 5.74) is 0.956. The van der Waals surface area contributed by atoms with Crippen LogP contribution in [0.15, 0.2) is 36.4 Å². The highest BCUT2D eigenvalue weighted by molar-refractivity contribution is 5.98. The molecular weight excluding hydrogens is 564 g/mol. The van der Waals surface area contributed by atoms with Gasteiger partial charge < -0.3 is 29.7 Å². The third kappa shape index (κ3) is 9.06. The van der Waals surface area contributed by atoms with Crippen LogP contribution < -0.4 is 10.1 Å². The summed E-state index contributed by atoms with van der Waals surface area (Å²) in [6.07, 6.45) is 6.18. The van der Waals surface area contributed by atoms with E-state index in [1.807, 2.05) is 6.08 Å². The molecule has 1 amide bonds. The number of phenolic OH excluding ortho intramolecular Hbond substituents is 2. The van der Waals surface area contributed by atoms with E-state index in [1.165, 1.54) is 6.07 Å². The van der Waals surface area contributed by atoms with Crippen molar-refractivity contribution in [1.82, 2.24) is 10.2 Å². The Morgan fingerprint density at radius 2 is 1.84 bits per heavy atom. The van der Waals surface area contributed by atoms with E-state index in [-0.39, 0.29) is 35.0 Å². The van der Waals surface area contributed by atoms with Crippen LogP contribution in [0.25, 0.3) is 6.08 Å². The Morgan fingerprint density at radius 1 is 1.11 bits per heavy atom. The van der Waals surface area contributed by atoms with E-state index in [0.717, 1.165) is 13.1 Å². The van der Waals surface area contributed by atoms with Gasteiger partial charge in [-0.1, -0.05) is 24.3 Å². The topological polar surface area (TPSA) is 135 Å². The number of methoxy groups -OCH3 is 1. The van der Waals surface area contributed by atoms with Gasteiger partial charge in [0.1, 0.15) is 28.6 Å². The number of hydrogen-bond donors (Lipinski definition) is 3. The predicted molar refractivity (Wildman–Crippen MR) is 166 cm³/mol. The van der Waals surface area contributed by atoms with Crippen LogP contribution in [0.3, 0.4) is 0 Å². The Bertz CT molecular complexity index is 1320. The van der Waals surface area contributed by atoms with Crippen molar-refractivity contribution in [2.75, 3.05) is 46.5 Å². The summed E-state index contributed by atoms with van der Waals surface area (Å²) in [5.74, 6) is -1.64. The minimum absolute atomic E-state index is 0.0692. The largest absolute Gasteiger partial charge is 0.507 e. The van der Waals surface area contributed by atoms with E-state index in [4.69, 9.17) is 14.2 Å². The van der Waals surface area contributed by atoms with Crippen molar-refractivity contribution in [3.63, 3.8) is 0 Å². The summed E-state index contributed by atoms with van der Waals surface area (Å²) in [4.78, 5) is 41.1. The lowest BCUT2D eigenvalue weighted by atomic mass is 9.84. The number of cyclic esters (lactones) is 1.